The lowest BCUT2D eigenvalue weighted by atomic mass is 10.1. The Labute approximate surface area is 179 Å². The zero-order valence-electron chi connectivity index (χ0n) is 16.9. The third kappa shape index (κ3) is 3.80. The maximum Gasteiger partial charge on any atom is 0.256 e. The number of nitrogens with one attached hydrogen (secondary N) is 1. The lowest BCUT2D eigenvalue weighted by Gasteiger charge is -2.15. The lowest BCUT2D eigenvalue weighted by Crippen LogP contribution is -2.27. The van der Waals surface area contributed by atoms with Crippen molar-refractivity contribution in [3.8, 4) is 11.5 Å². The highest BCUT2D eigenvalue weighted by molar-refractivity contribution is 6.13. The summed E-state index contributed by atoms with van der Waals surface area (Å²) in [5.74, 6) is 0.396. The van der Waals surface area contributed by atoms with E-state index in [1.165, 1.54) is 0 Å². The summed E-state index contributed by atoms with van der Waals surface area (Å²) < 4.78 is 5.47. The second-order valence-corrected chi connectivity index (χ2v) is 7.58. The van der Waals surface area contributed by atoms with Crippen LogP contribution < -0.4 is 5.32 Å². The summed E-state index contributed by atoms with van der Waals surface area (Å²) in [4.78, 5) is 32.1. The van der Waals surface area contributed by atoms with Gasteiger partial charge in [0.1, 0.15) is 5.69 Å². The van der Waals surface area contributed by atoms with E-state index in [0.717, 1.165) is 31.3 Å². The van der Waals surface area contributed by atoms with Gasteiger partial charge in [-0.1, -0.05) is 18.2 Å². The van der Waals surface area contributed by atoms with Crippen LogP contribution in [0, 0.1) is 0 Å². The van der Waals surface area contributed by atoms with Crippen molar-refractivity contribution in [2.45, 2.75) is 12.8 Å². The predicted molar refractivity (Wildman–Crippen MR) is 119 cm³/mol. The molecule has 0 radical (unpaired) electrons. The summed E-state index contributed by atoms with van der Waals surface area (Å²) in [7, 11) is 0. The number of fused-ring (bicyclic) bond motifs is 1. The molecule has 4 aromatic rings. The van der Waals surface area contributed by atoms with Crippen molar-refractivity contribution in [2.75, 3.05) is 18.4 Å². The fourth-order valence-corrected chi connectivity index (χ4v) is 3.91. The number of hydrogen-bond donors (Lipinski definition) is 1. The molecule has 0 spiro atoms. The van der Waals surface area contributed by atoms with Crippen molar-refractivity contribution in [2.24, 2.45) is 0 Å². The first-order valence-corrected chi connectivity index (χ1v) is 10.3. The topological polar surface area (TPSA) is 75.4 Å². The molecule has 3 heterocycles. The normalized spacial score (nSPS) is 13.5. The Balaban J connectivity index is 1.42. The van der Waals surface area contributed by atoms with E-state index in [4.69, 9.17) is 4.42 Å². The van der Waals surface area contributed by atoms with Gasteiger partial charge in [0.05, 0.1) is 17.3 Å². The Morgan fingerprint density at radius 2 is 1.71 bits per heavy atom. The molecular formula is C25H21N3O3. The van der Waals surface area contributed by atoms with Gasteiger partial charge >= 0.3 is 0 Å². The van der Waals surface area contributed by atoms with E-state index < -0.39 is 0 Å². The Morgan fingerprint density at radius 1 is 0.935 bits per heavy atom. The largest absolute Gasteiger partial charge is 0.463 e. The minimum Gasteiger partial charge on any atom is -0.463 e. The predicted octanol–water partition coefficient (Wildman–Crippen LogP) is 4.98. The summed E-state index contributed by atoms with van der Waals surface area (Å²) in [5.41, 5.74) is 3.08. The third-order valence-corrected chi connectivity index (χ3v) is 5.52. The minimum atomic E-state index is -0.245. The van der Waals surface area contributed by atoms with Gasteiger partial charge in [-0.3, -0.25) is 9.59 Å². The molecule has 1 aliphatic heterocycles. The number of nitrogens with zero attached hydrogens (tertiary/aromatic N) is 2. The number of hydrogen-bond acceptors (Lipinski definition) is 4. The number of benzene rings is 2. The number of anilines is 1. The molecule has 2 aromatic carbocycles. The zero-order chi connectivity index (χ0) is 21.2. The summed E-state index contributed by atoms with van der Waals surface area (Å²) in [6, 6.07) is 19.9. The van der Waals surface area contributed by atoms with Crippen LogP contribution in [0.15, 0.2) is 77.4 Å². The van der Waals surface area contributed by atoms with Crippen molar-refractivity contribution in [3.05, 3.63) is 84.1 Å². The van der Waals surface area contributed by atoms with Gasteiger partial charge in [0.25, 0.3) is 11.8 Å². The van der Waals surface area contributed by atoms with E-state index in [2.05, 4.69) is 10.3 Å². The quantitative estimate of drug-likeness (QED) is 0.514. The lowest BCUT2D eigenvalue weighted by molar-refractivity contribution is 0.0792. The number of carbonyl (C=O) groups is 2. The van der Waals surface area contributed by atoms with E-state index in [1.807, 2.05) is 35.2 Å². The van der Waals surface area contributed by atoms with Gasteiger partial charge < -0.3 is 14.6 Å². The second kappa shape index (κ2) is 8.07. The number of furan rings is 1. The molecule has 0 aliphatic carbocycles. The first-order chi connectivity index (χ1) is 15.2. The van der Waals surface area contributed by atoms with Gasteiger partial charge in [-0.05, 0) is 61.4 Å². The second-order valence-electron chi connectivity index (χ2n) is 7.58. The van der Waals surface area contributed by atoms with Crippen LogP contribution in [0.4, 0.5) is 5.69 Å². The smallest absolute Gasteiger partial charge is 0.256 e. The molecule has 6 heteroatoms. The summed E-state index contributed by atoms with van der Waals surface area (Å²) in [6.07, 6.45) is 3.69. The van der Waals surface area contributed by atoms with E-state index in [9.17, 15) is 9.59 Å². The van der Waals surface area contributed by atoms with Gasteiger partial charge in [0.15, 0.2) is 5.76 Å². The number of amides is 2. The molecule has 0 bridgehead atoms. The molecule has 31 heavy (non-hydrogen) atoms. The molecule has 2 aromatic heterocycles. The number of pyridine rings is 1. The molecular weight excluding hydrogens is 390 g/mol. The van der Waals surface area contributed by atoms with Gasteiger partial charge in [-0.2, -0.15) is 0 Å². The zero-order valence-corrected chi connectivity index (χ0v) is 16.9. The Hall–Kier alpha value is -3.93. The standard InChI is InChI=1S/C25H21N3O3/c29-24(26-18-11-9-17(10-12-18)25(30)28-13-3-4-14-28)20-16-22(23-8-5-15-31-23)27-21-7-2-1-6-19(20)21/h1-2,5-12,15-16H,3-4,13-14H2,(H,26,29). The van der Waals surface area contributed by atoms with Crippen molar-refractivity contribution in [3.63, 3.8) is 0 Å². The van der Waals surface area contributed by atoms with Crippen LogP contribution in [0.2, 0.25) is 0 Å². The summed E-state index contributed by atoms with van der Waals surface area (Å²) in [5, 5.41) is 3.70. The highest BCUT2D eigenvalue weighted by Crippen LogP contribution is 2.26. The number of likely N-dealkylation sites (tertiary alicyclic amines) is 1. The van der Waals surface area contributed by atoms with E-state index >= 15 is 0 Å². The number of aromatic nitrogens is 1. The van der Waals surface area contributed by atoms with Crippen LogP contribution in [0.5, 0.6) is 0 Å². The first kappa shape index (κ1) is 19.1. The molecule has 5 rings (SSSR count). The fourth-order valence-electron chi connectivity index (χ4n) is 3.91. The van der Waals surface area contributed by atoms with Crippen LogP contribution in [0.3, 0.4) is 0 Å². The maximum absolute atomic E-state index is 13.1. The van der Waals surface area contributed by atoms with E-state index in [1.54, 1.807) is 42.7 Å². The highest BCUT2D eigenvalue weighted by Gasteiger charge is 2.20. The molecule has 1 N–H and O–H groups in total. The first-order valence-electron chi connectivity index (χ1n) is 10.3. The summed E-state index contributed by atoms with van der Waals surface area (Å²) >= 11 is 0. The van der Waals surface area contributed by atoms with Crippen LogP contribution in [0.1, 0.15) is 33.6 Å². The molecule has 1 aliphatic rings. The molecule has 6 nitrogen and oxygen atoms in total. The van der Waals surface area contributed by atoms with E-state index in [-0.39, 0.29) is 11.8 Å². The van der Waals surface area contributed by atoms with Gasteiger partial charge in [0, 0.05) is 29.7 Å². The van der Waals surface area contributed by atoms with Crippen molar-refractivity contribution in [1.82, 2.24) is 9.88 Å². The van der Waals surface area contributed by atoms with Crippen molar-refractivity contribution < 1.29 is 14.0 Å². The van der Waals surface area contributed by atoms with Crippen LogP contribution in [0.25, 0.3) is 22.4 Å². The number of para-hydroxylation sites is 1. The molecule has 0 atom stereocenters. The molecule has 154 valence electrons. The molecule has 1 saturated heterocycles. The van der Waals surface area contributed by atoms with Crippen LogP contribution in [-0.2, 0) is 0 Å². The average molecular weight is 411 g/mol. The van der Waals surface area contributed by atoms with Crippen LogP contribution >= 0.6 is 0 Å². The Morgan fingerprint density at radius 3 is 2.45 bits per heavy atom. The fraction of sp³-hybridized carbons (Fsp3) is 0.160. The minimum absolute atomic E-state index is 0.0404. The monoisotopic (exact) mass is 411 g/mol. The molecule has 1 fully saturated rings. The highest BCUT2D eigenvalue weighted by atomic mass is 16.3. The summed E-state index contributed by atoms with van der Waals surface area (Å²) in [6.45, 7) is 1.62. The molecule has 0 unspecified atom stereocenters. The number of rotatable bonds is 4. The van der Waals surface area contributed by atoms with Crippen LogP contribution in [-0.4, -0.2) is 34.8 Å². The Bertz CT molecular complexity index is 1240. The SMILES string of the molecule is O=C(Nc1ccc(C(=O)N2CCCC2)cc1)c1cc(-c2ccco2)nc2ccccc12. The van der Waals surface area contributed by atoms with E-state index in [0.29, 0.717) is 33.8 Å². The molecule has 2 amide bonds. The average Bonchev–Trinajstić information content (AvgIpc) is 3.53. The van der Waals surface area contributed by atoms with Crippen molar-refractivity contribution in [1.29, 1.82) is 0 Å². The third-order valence-electron chi connectivity index (χ3n) is 5.52. The number of carbonyl (C=O) groups excluding carboxylic acids is 2. The van der Waals surface area contributed by atoms with Gasteiger partial charge in [-0.25, -0.2) is 4.98 Å². The van der Waals surface area contributed by atoms with Gasteiger partial charge in [-0.15, -0.1) is 0 Å². The Kier molecular flexibility index (Phi) is 4.96. The van der Waals surface area contributed by atoms with Gasteiger partial charge in [0.2, 0.25) is 0 Å². The maximum atomic E-state index is 13.1. The van der Waals surface area contributed by atoms with Crippen molar-refractivity contribution >= 4 is 28.4 Å². The molecule has 0 saturated carbocycles.